The highest BCUT2D eigenvalue weighted by atomic mass is 16.2. The fraction of sp³-hybridized carbons (Fsp3) is 0.750. The number of hydrogen-bond acceptors (Lipinski definition) is 4. The van der Waals surface area contributed by atoms with Gasteiger partial charge in [-0.05, 0) is 76.0 Å². The summed E-state index contributed by atoms with van der Waals surface area (Å²) < 4.78 is 0. The molecule has 4 heterocycles. The van der Waals surface area contributed by atoms with Crippen LogP contribution in [0.1, 0.15) is 90.9 Å². The van der Waals surface area contributed by atoms with E-state index in [0.29, 0.717) is 12.8 Å². The number of amides is 2. The van der Waals surface area contributed by atoms with Crippen LogP contribution in [0.25, 0.3) is 0 Å². The second-order valence-corrected chi connectivity index (χ2v) is 13.2. The van der Waals surface area contributed by atoms with E-state index in [1.165, 1.54) is 22.3 Å². The van der Waals surface area contributed by atoms with Crippen LogP contribution in [0.3, 0.4) is 0 Å². The Labute approximate surface area is 227 Å². The Kier molecular flexibility index (Phi) is 7.11. The second-order valence-electron chi connectivity index (χ2n) is 13.2. The highest BCUT2D eigenvalue weighted by molar-refractivity contribution is 6.01. The summed E-state index contributed by atoms with van der Waals surface area (Å²) in [6, 6.07) is 0. The number of nitrogens with zero attached hydrogens (tertiary/aromatic N) is 2. The molecule has 2 fully saturated rings. The Morgan fingerprint density at radius 2 is 0.921 bits per heavy atom. The van der Waals surface area contributed by atoms with E-state index < -0.39 is 0 Å². The quantitative estimate of drug-likeness (QED) is 0.462. The van der Waals surface area contributed by atoms with Gasteiger partial charge < -0.3 is 9.80 Å². The SMILES string of the molecule is C[C@@H]1CC(=O)N2CCCC3=C(C1)[C@H]([C@@H]1C(=O)[C@H]4CCCN5CCCC4=C1C[C@@H](C)CC5=O)C(=O)[C@H]3CCC2. The van der Waals surface area contributed by atoms with Gasteiger partial charge in [0.05, 0.1) is 11.8 Å². The number of ketones is 2. The third-order valence-electron chi connectivity index (χ3n) is 10.5. The number of fused-ring (bicyclic) bond motifs is 6. The zero-order chi connectivity index (χ0) is 26.6. The van der Waals surface area contributed by atoms with Crippen molar-refractivity contribution in [3.63, 3.8) is 0 Å². The lowest BCUT2D eigenvalue weighted by Gasteiger charge is -2.30. The molecule has 0 N–H and O–H groups in total. The maximum Gasteiger partial charge on any atom is 0.222 e. The molecule has 6 nitrogen and oxygen atoms in total. The highest BCUT2D eigenvalue weighted by Crippen LogP contribution is 2.53. The monoisotopic (exact) mass is 520 g/mol. The first-order chi connectivity index (χ1) is 18.3. The lowest BCUT2D eigenvalue weighted by Crippen LogP contribution is -2.36. The fourth-order valence-electron chi connectivity index (χ4n) is 8.88. The van der Waals surface area contributed by atoms with Gasteiger partial charge in [0, 0.05) is 50.9 Å². The van der Waals surface area contributed by atoms with Gasteiger partial charge in [0.25, 0.3) is 0 Å². The van der Waals surface area contributed by atoms with Gasteiger partial charge in [-0.25, -0.2) is 0 Å². The predicted molar refractivity (Wildman–Crippen MR) is 145 cm³/mol. The van der Waals surface area contributed by atoms with Gasteiger partial charge in [0.1, 0.15) is 11.6 Å². The van der Waals surface area contributed by atoms with Crippen LogP contribution in [0, 0.1) is 35.5 Å². The molecule has 0 unspecified atom stereocenters. The molecule has 2 amide bonds. The summed E-state index contributed by atoms with van der Waals surface area (Å²) in [6.07, 6.45) is 9.39. The molecule has 4 aliphatic heterocycles. The normalized spacial score (nSPS) is 37.0. The van der Waals surface area contributed by atoms with Gasteiger partial charge in [-0.1, -0.05) is 36.1 Å². The van der Waals surface area contributed by atoms with Gasteiger partial charge in [-0.15, -0.1) is 0 Å². The van der Waals surface area contributed by atoms with E-state index in [-0.39, 0.29) is 58.9 Å². The molecule has 0 aromatic rings. The fourth-order valence-corrected chi connectivity index (χ4v) is 8.88. The number of allylic oxidation sites excluding steroid dienone is 4. The first-order valence-corrected chi connectivity index (χ1v) is 15.4. The van der Waals surface area contributed by atoms with Crippen molar-refractivity contribution in [2.75, 3.05) is 26.2 Å². The number of carbonyl (C=O) groups is 4. The van der Waals surface area contributed by atoms with Crippen LogP contribution in [0.15, 0.2) is 22.3 Å². The van der Waals surface area contributed by atoms with Crippen LogP contribution >= 0.6 is 0 Å². The van der Waals surface area contributed by atoms with Crippen LogP contribution in [0.5, 0.6) is 0 Å². The third kappa shape index (κ3) is 4.50. The summed E-state index contributed by atoms with van der Waals surface area (Å²) in [7, 11) is 0. The summed E-state index contributed by atoms with van der Waals surface area (Å²) in [5, 5.41) is 0. The summed E-state index contributed by atoms with van der Waals surface area (Å²) in [4.78, 5) is 59.0. The Morgan fingerprint density at radius 3 is 1.34 bits per heavy atom. The van der Waals surface area contributed by atoms with Crippen LogP contribution in [0.4, 0.5) is 0 Å². The second kappa shape index (κ2) is 10.4. The van der Waals surface area contributed by atoms with E-state index >= 15 is 0 Å². The molecule has 2 aliphatic carbocycles. The number of rotatable bonds is 1. The minimum atomic E-state index is -0.352. The van der Waals surface area contributed by atoms with Crippen molar-refractivity contribution >= 4 is 23.4 Å². The average Bonchev–Trinajstić information content (AvgIpc) is 3.32. The summed E-state index contributed by atoms with van der Waals surface area (Å²) in [6.45, 7) is 7.32. The number of hydrogen-bond donors (Lipinski definition) is 0. The molecule has 0 radical (unpaired) electrons. The third-order valence-corrected chi connectivity index (χ3v) is 10.5. The molecule has 0 aromatic carbocycles. The lowest BCUT2D eigenvalue weighted by atomic mass is 9.74. The summed E-state index contributed by atoms with van der Waals surface area (Å²) in [5.41, 5.74) is 5.09. The molecular weight excluding hydrogens is 476 g/mol. The van der Waals surface area contributed by atoms with Crippen LogP contribution in [-0.2, 0) is 19.2 Å². The standard InChI is InChI=1S/C32H44N2O4/c1-19-15-25-21-7-3-11-33(27(35)17-19)13-5-9-23(21)31(37)29(25)30-26-16-20(2)18-28(36)34-12-4-8-22(26)24(32(30)38)10-6-14-34/h19-20,23-24,29-30H,3-18H2,1-2H3/t19-,20+,23-,24-,29+,30+/m0/s1. The molecule has 2 saturated heterocycles. The Bertz CT molecular complexity index is 1020. The van der Waals surface area contributed by atoms with Crippen molar-refractivity contribution in [2.24, 2.45) is 35.5 Å². The van der Waals surface area contributed by atoms with Crippen molar-refractivity contribution in [3.05, 3.63) is 22.3 Å². The van der Waals surface area contributed by atoms with Gasteiger partial charge in [0.15, 0.2) is 0 Å². The largest absolute Gasteiger partial charge is 0.343 e. The molecule has 6 atom stereocenters. The Morgan fingerprint density at radius 1 is 0.526 bits per heavy atom. The van der Waals surface area contributed by atoms with Crippen LogP contribution in [-0.4, -0.2) is 59.4 Å². The predicted octanol–water partition coefficient (Wildman–Crippen LogP) is 4.87. The van der Waals surface area contributed by atoms with Gasteiger partial charge >= 0.3 is 0 Å². The van der Waals surface area contributed by atoms with E-state index in [2.05, 4.69) is 13.8 Å². The molecular formula is C32H44N2O4. The molecule has 206 valence electrons. The minimum absolute atomic E-state index is 0.0859. The molecule has 0 saturated carbocycles. The minimum Gasteiger partial charge on any atom is -0.343 e. The highest BCUT2D eigenvalue weighted by Gasteiger charge is 2.53. The smallest absolute Gasteiger partial charge is 0.222 e. The van der Waals surface area contributed by atoms with Gasteiger partial charge in [0.2, 0.25) is 11.8 Å². The first kappa shape index (κ1) is 26.0. The maximum atomic E-state index is 14.4. The van der Waals surface area contributed by atoms with Crippen molar-refractivity contribution in [1.82, 2.24) is 9.80 Å². The van der Waals surface area contributed by atoms with Crippen molar-refractivity contribution < 1.29 is 19.2 Å². The number of Topliss-reactive ketones (excluding diaryl/α,β-unsaturated/α-hetero) is 2. The van der Waals surface area contributed by atoms with Crippen LogP contribution < -0.4 is 0 Å². The Balaban J connectivity index is 1.44. The lowest BCUT2D eigenvalue weighted by molar-refractivity contribution is -0.134. The van der Waals surface area contributed by atoms with Gasteiger partial charge in [-0.2, -0.15) is 0 Å². The molecule has 6 rings (SSSR count). The Hall–Kier alpha value is -2.24. The van der Waals surface area contributed by atoms with Gasteiger partial charge in [-0.3, -0.25) is 19.2 Å². The van der Waals surface area contributed by atoms with E-state index in [1.807, 2.05) is 9.80 Å². The first-order valence-electron chi connectivity index (χ1n) is 15.4. The molecule has 6 aliphatic rings. The maximum absolute atomic E-state index is 14.4. The summed E-state index contributed by atoms with van der Waals surface area (Å²) in [5.74, 6) is 0.522. The van der Waals surface area contributed by atoms with Crippen LogP contribution in [0.2, 0.25) is 0 Å². The summed E-state index contributed by atoms with van der Waals surface area (Å²) >= 11 is 0. The van der Waals surface area contributed by atoms with E-state index in [4.69, 9.17) is 0 Å². The number of carbonyl (C=O) groups excluding carboxylic acids is 4. The molecule has 0 spiro atoms. The van der Waals surface area contributed by atoms with Crippen molar-refractivity contribution in [2.45, 2.75) is 90.9 Å². The zero-order valence-corrected chi connectivity index (χ0v) is 23.3. The van der Waals surface area contributed by atoms with E-state index in [9.17, 15) is 19.2 Å². The molecule has 0 aromatic heterocycles. The van der Waals surface area contributed by atoms with E-state index in [1.54, 1.807) is 0 Å². The molecule has 38 heavy (non-hydrogen) atoms. The molecule has 4 bridgehead atoms. The zero-order valence-electron chi connectivity index (χ0n) is 23.3. The average molecular weight is 521 g/mol. The van der Waals surface area contributed by atoms with Crippen molar-refractivity contribution in [3.8, 4) is 0 Å². The van der Waals surface area contributed by atoms with E-state index in [0.717, 1.165) is 90.4 Å². The molecule has 6 heteroatoms. The topological polar surface area (TPSA) is 74.8 Å². The van der Waals surface area contributed by atoms with Crippen molar-refractivity contribution in [1.29, 1.82) is 0 Å².